The third kappa shape index (κ3) is 6.20. The van der Waals surface area contributed by atoms with E-state index in [0.29, 0.717) is 23.5 Å². The second-order valence-corrected chi connectivity index (χ2v) is 10.1. The van der Waals surface area contributed by atoms with E-state index in [1.54, 1.807) is 6.08 Å². The van der Waals surface area contributed by atoms with Crippen LogP contribution in [0.1, 0.15) is 77.7 Å². The first-order valence-corrected chi connectivity index (χ1v) is 12.4. The minimum absolute atomic E-state index is 0.0413. The molecule has 9 heteroatoms. The highest BCUT2D eigenvalue weighted by molar-refractivity contribution is 5.88. The number of carboxylic acids is 1. The van der Waals surface area contributed by atoms with Gasteiger partial charge in [-0.2, -0.15) is 13.2 Å². The van der Waals surface area contributed by atoms with Crippen molar-refractivity contribution < 1.29 is 36.2 Å². The van der Waals surface area contributed by atoms with Crippen LogP contribution in [-0.2, 0) is 6.42 Å². The quantitative estimate of drug-likeness (QED) is 0.287. The SMILES string of the molecule is C[C@@H]1Cc2cc(C(=O)O)ccc2[C@@H](c2c(F)cc(C=C3CC(CCCCF)C3)cc2F)N1CC(F)(F)F. The number of halogens is 6. The molecule has 2 aromatic carbocycles. The molecule has 2 atom stereocenters. The molecule has 2 aliphatic rings. The molecule has 0 spiro atoms. The van der Waals surface area contributed by atoms with Crippen LogP contribution < -0.4 is 0 Å². The molecular formula is C28H29F6NO2. The van der Waals surface area contributed by atoms with Gasteiger partial charge in [-0.05, 0) is 85.9 Å². The number of rotatable bonds is 8. The molecule has 37 heavy (non-hydrogen) atoms. The van der Waals surface area contributed by atoms with Crippen LogP contribution in [0, 0.1) is 17.6 Å². The van der Waals surface area contributed by atoms with E-state index in [2.05, 4.69) is 0 Å². The van der Waals surface area contributed by atoms with Gasteiger partial charge in [-0.1, -0.05) is 24.1 Å². The standard InChI is InChI=1S/C28H29F6NO2/c1-16-8-21-14-20(27(36)37)5-6-22(21)26(35(16)15-28(32,33)34)25-23(30)12-19(13-24(25)31)11-18-9-17(10-18)4-2-3-7-29/h5-6,11-14,16-17,26H,2-4,7-10,15H2,1H3,(H,36,37)/t16-,17?,26+/m1/s1. The van der Waals surface area contributed by atoms with Crippen molar-refractivity contribution in [3.63, 3.8) is 0 Å². The number of carbonyl (C=O) groups is 1. The van der Waals surface area contributed by atoms with Crippen LogP contribution in [0.15, 0.2) is 35.9 Å². The molecule has 0 amide bonds. The number of nitrogens with zero attached hydrogens (tertiary/aromatic N) is 1. The van der Waals surface area contributed by atoms with Gasteiger partial charge in [0.1, 0.15) is 11.6 Å². The fraction of sp³-hybridized carbons (Fsp3) is 0.464. The Balaban J connectivity index is 1.68. The van der Waals surface area contributed by atoms with Gasteiger partial charge < -0.3 is 5.11 Å². The summed E-state index contributed by atoms with van der Waals surface area (Å²) in [6, 6.07) is 4.12. The van der Waals surface area contributed by atoms with Gasteiger partial charge in [-0.25, -0.2) is 13.6 Å². The number of allylic oxidation sites excluding steroid dienone is 1. The zero-order valence-corrected chi connectivity index (χ0v) is 20.4. The highest BCUT2D eigenvalue weighted by Gasteiger charge is 2.42. The maximum absolute atomic E-state index is 15.5. The smallest absolute Gasteiger partial charge is 0.401 e. The third-order valence-electron chi connectivity index (χ3n) is 7.30. The maximum Gasteiger partial charge on any atom is 0.401 e. The second kappa shape index (κ2) is 10.9. The molecule has 1 saturated carbocycles. The highest BCUT2D eigenvalue weighted by atomic mass is 19.4. The van der Waals surface area contributed by atoms with E-state index >= 15 is 8.78 Å². The molecule has 0 aromatic heterocycles. The first-order chi connectivity index (χ1) is 17.5. The normalized spacial score (nSPS) is 21.9. The van der Waals surface area contributed by atoms with Crippen molar-refractivity contribution in [1.29, 1.82) is 0 Å². The molecule has 200 valence electrons. The zero-order valence-electron chi connectivity index (χ0n) is 20.4. The van der Waals surface area contributed by atoms with Crippen LogP contribution in [-0.4, -0.2) is 41.4 Å². The van der Waals surface area contributed by atoms with Gasteiger partial charge in [-0.15, -0.1) is 0 Å². The number of hydrogen-bond donors (Lipinski definition) is 1. The van der Waals surface area contributed by atoms with E-state index in [1.807, 2.05) is 0 Å². The summed E-state index contributed by atoms with van der Waals surface area (Å²) >= 11 is 0. The largest absolute Gasteiger partial charge is 0.478 e. The van der Waals surface area contributed by atoms with Gasteiger partial charge >= 0.3 is 12.1 Å². The topological polar surface area (TPSA) is 40.5 Å². The highest BCUT2D eigenvalue weighted by Crippen LogP contribution is 2.43. The van der Waals surface area contributed by atoms with Crippen molar-refractivity contribution in [2.24, 2.45) is 5.92 Å². The zero-order chi connectivity index (χ0) is 26.9. The van der Waals surface area contributed by atoms with Crippen LogP contribution in [0.5, 0.6) is 0 Å². The number of alkyl halides is 4. The molecule has 3 nitrogen and oxygen atoms in total. The fourth-order valence-electron chi connectivity index (χ4n) is 5.54. The van der Waals surface area contributed by atoms with E-state index in [9.17, 15) is 27.5 Å². The van der Waals surface area contributed by atoms with E-state index in [4.69, 9.17) is 0 Å². The van der Waals surface area contributed by atoms with E-state index in [1.165, 1.54) is 25.1 Å². The third-order valence-corrected chi connectivity index (χ3v) is 7.30. The molecule has 1 heterocycles. The van der Waals surface area contributed by atoms with Crippen LogP contribution >= 0.6 is 0 Å². The summed E-state index contributed by atoms with van der Waals surface area (Å²) < 4.78 is 83.7. The van der Waals surface area contributed by atoms with Crippen LogP contribution in [0.3, 0.4) is 0 Å². The Kier molecular flexibility index (Phi) is 8.02. The minimum atomic E-state index is -4.60. The van der Waals surface area contributed by atoms with Gasteiger partial charge in [0.2, 0.25) is 0 Å². The Morgan fingerprint density at radius 3 is 2.35 bits per heavy atom. The lowest BCUT2D eigenvalue weighted by atomic mass is 9.76. The first kappa shape index (κ1) is 27.2. The van der Waals surface area contributed by atoms with Crippen molar-refractivity contribution in [2.45, 2.75) is 63.7 Å². The second-order valence-electron chi connectivity index (χ2n) is 10.1. The van der Waals surface area contributed by atoms with Crippen LogP contribution in [0.25, 0.3) is 6.08 Å². The molecule has 0 radical (unpaired) electrons. The molecule has 0 saturated heterocycles. The summed E-state index contributed by atoms with van der Waals surface area (Å²) in [4.78, 5) is 12.4. The van der Waals surface area contributed by atoms with Crippen molar-refractivity contribution >= 4 is 12.0 Å². The monoisotopic (exact) mass is 525 g/mol. The molecule has 4 rings (SSSR count). The molecular weight excluding hydrogens is 496 g/mol. The van der Waals surface area contributed by atoms with Crippen LogP contribution in [0.2, 0.25) is 0 Å². The number of benzene rings is 2. The summed E-state index contributed by atoms with van der Waals surface area (Å²) in [5, 5.41) is 9.33. The van der Waals surface area contributed by atoms with Gasteiger partial charge in [0.15, 0.2) is 0 Å². The lowest BCUT2D eigenvalue weighted by Gasteiger charge is -2.42. The molecule has 1 fully saturated rings. The summed E-state index contributed by atoms with van der Waals surface area (Å²) in [5.41, 5.74) is 1.50. The average Bonchev–Trinajstić information content (AvgIpc) is 2.77. The van der Waals surface area contributed by atoms with Gasteiger partial charge in [0.25, 0.3) is 0 Å². The Labute approximate surface area is 211 Å². The maximum atomic E-state index is 15.5. The summed E-state index contributed by atoms with van der Waals surface area (Å²) in [7, 11) is 0. The summed E-state index contributed by atoms with van der Waals surface area (Å²) in [5.74, 6) is -2.67. The number of aromatic carboxylic acids is 1. The number of fused-ring (bicyclic) bond motifs is 1. The number of unbranched alkanes of at least 4 members (excludes halogenated alkanes) is 1. The van der Waals surface area contributed by atoms with Crippen molar-refractivity contribution in [3.05, 3.63) is 75.4 Å². The summed E-state index contributed by atoms with van der Waals surface area (Å²) in [6.07, 6.45) is 0.990. The lowest BCUT2D eigenvalue weighted by molar-refractivity contribution is -0.155. The first-order valence-electron chi connectivity index (χ1n) is 12.4. The Morgan fingerprint density at radius 1 is 1.08 bits per heavy atom. The predicted molar refractivity (Wildman–Crippen MR) is 128 cm³/mol. The van der Waals surface area contributed by atoms with Gasteiger partial charge in [-0.3, -0.25) is 9.29 Å². The molecule has 0 bridgehead atoms. The van der Waals surface area contributed by atoms with Crippen molar-refractivity contribution in [2.75, 3.05) is 13.2 Å². The van der Waals surface area contributed by atoms with Crippen LogP contribution in [0.4, 0.5) is 26.3 Å². The molecule has 1 aliphatic heterocycles. The minimum Gasteiger partial charge on any atom is -0.478 e. The van der Waals surface area contributed by atoms with E-state index in [-0.39, 0.29) is 24.2 Å². The number of carboxylic acid groups (broad SMARTS) is 1. The predicted octanol–water partition coefficient (Wildman–Crippen LogP) is 7.49. The molecule has 1 aliphatic carbocycles. The van der Waals surface area contributed by atoms with Crippen molar-refractivity contribution in [3.8, 4) is 0 Å². The van der Waals surface area contributed by atoms with Gasteiger partial charge in [0.05, 0.1) is 24.8 Å². The Hall–Kier alpha value is -2.81. The van der Waals surface area contributed by atoms with E-state index < -0.39 is 48.0 Å². The van der Waals surface area contributed by atoms with Crippen molar-refractivity contribution in [1.82, 2.24) is 4.90 Å². The van der Waals surface area contributed by atoms with E-state index in [0.717, 1.165) is 48.3 Å². The Morgan fingerprint density at radius 2 is 1.76 bits per heavy atom. The number of hydrogen-bond acceptors (Lipinski definition) is 2. The summed E-state index contributed by atoms with van der Waals surface area (Å²) in [6.45, 7) is -0.177. The molecule has 1 N–H and O–H groups in total. The lowest BCUT2D eigenvalue weighted by Crippen LogP contribution is -2.47. The molecule has 0 unspecified atom stereocenters. The molecule has 2 aromatic rings. The van der Waals surface area contributed by atoms with Gasteiger partial charge in [0, 0.05) is 11.6 Å². The average molecular weight is 526 g/mol. The fourth-order valence-corrected chi connectivity index (χ4v) is 5.54. The Bertz CT molecular complexity index is 1160.